The lowest BCUT2D eigenvalue weighted by atomic mass is 10.1. The summed E-state index contributed by atoms with van der Waals surface area (Å²) in [5.74, 6) is -0.566. The minimum atomic E-state index is -3.82. The molecule has 2 unspecified atom stereocenters. The second kappa shape index (κ2) is 10.2. The van der Waals surface area contributed by atoms with Crippen molar-refractivity contribution in [2.24, 2.45) is 0 Å². The second-order valence-electron chi connectivity index (χ2n) is 8.10. The van der Waals surface area contributed by atoms with Gasteiger partial charge in [0.25, 0.3) is 0 Å². The summed E-state index contributed by atoms with van der Waals surface area (Å²) in [6.45, 7) is 4.86. The van der Waals surface area contributed by atoms with Crippen LogP contribution in [0.3, 0.4) is 0 Å². The first-order valence-electron chi connectivity index (χ1n) is 10.6. The number of likely N-dealkylation sites (tertiary alicyclic amines) is 1. The molecule has 0 bridgehead atoms. The van der Waals surface area contributed by atoms with E-state index in [1.807, 2.05) is 18.2 Å². The average Bonchev–Trinajstić information content (AvgIpc) is 3.22. The van der Waals surface area contributed by atoms with Gasteiger partial charge in [-0.05, 0) is 43.2 Å². The Hall–Kier alpha value is -2.75. The maximum Gasteiger partial charge on any atom is 0.243 e. The molecule has 1 aliphatic heterocycles. The predicted octanol–water partition coefficient (Wildman–Crippen LogP) is 2.22. The molecule has 2 N–H and O–H groups in total. The number of carbonyl (C=O) groups excluding carboxylic acids is 2. The smallest absolute Gasteiger partial charge is 0.243 e. The third kappa shape index (κ3) is 5.93. The summed E-state index contributed by atoms with van der Waals surface area (Å²) in [5, 5.41) is 5.56. The number of sulfonamides is 1. The van der Waals surface area contributed by atoms with E-state index in [9.17, 15) is 18.0 Å². The first-order chi connectivity index (χ1) is 15.2. The highest BCUT2D eigenvalue weighted by molar-refractivity contribution is 7.89. The van der Waals surface area contributed by atoms with Crippen LogP contribution >= 0.6 is 0 Å². The predicted molar refractivity (Wildman–Crippen MR) is 124 cm³/mol. The van der Waals surface area contributed by atoms with Crippen molar-refractivity contribution in [2.45, 2.75) is 37.2 Å². The summed E-state index contributed by atoms with van der Waals surface area (Å²) in [6.07, 6.45) is 0.823. The van der Waals surface area contributed by atoms with Gasteiger partial charge >= 0.3 is 0 Å². The maximum atomic E-state index is 12.8. The molecule has 32 heavy (non-hydrogen) atoms. The fraction of sp³-hybridized carbons (Fsp3) is 0.391. The third-order valence-corrected chi connectivity index (χ3v) is 7.48. The van der Waals surface area contributed by atoms with Crippen LogP contribution in [0.4, 0.5) is 5.69 Å². The fourth-order valence-corrected chi connectivity index (χ4v) is 4.98. The number of rotatable bonds is 8. The van der Waals surface area contributed by atoms with Crippen molar-refractivity contribution in [3.63, 3.8) is 0 Å². The van der Waals surface area contributed by atoms with Crippen molar-refractivity contribution < 1.29 is 18.0 Å². The number of carbonyl (C=O) groups is 2. The monoisotopic (exact) mass is 458 g/mol. The topological polar surface area (TPSA) is 98.8 Å². The van der Waals surface area contributed by atoms with E-state index in [-0.39, 0.29) is 35.3 Å². The van der Waals surface area contributed by atoms with E-state index in [2.05, 4.69) is 34.6 Å². The highest BCUT2D eigenvalue weighted by Crippen LogP contribution is 2.24. The molecule has 2 atom stereocenters. The minimum Gasteiger partial charge on any atom is -0.351 e. The van der Waals surface area contributed by atoms with E-state index in [1.54, 1.807) is 0 Å². The van der Waals surface area contributed by atoms with Crippen molar-refractivity contribution in [3.8, 4) is 0 Å². The first-order valence-corrected chi connectivity index (χ1v) is 12.0. The highest BCUT2D eigenvalue weighted by atomic mass is 32.2. The Kier molecular flexibility index (Phi) is 7.65. The number of hydrogen-bond donors (Lipinski definition) is 2. The Balaban J connectivity index is 1.53. The van der Waals surface area contributed by atoms with E-state index in [0.29, 0.717) is 5.69 Å². The SMILES string of the molecule is CC(=O)Nc1ccc(S(=O)(=O)N(C)CC(=O)NC2CCN(C(C)c3ccccc3)C2)cc1. The van der Waals surface area contributed by atoms with Crippen LogP contribution in [0.25, 0.3) is 0 Å². The van der Waals surface area contributed by atoms with Gasteiger partial charge in [0.1, 0.15) is 0 Å². The molecule has 0 aromatic heterocycles. The van der Waals surface area contributed by atoms with Crippen LogP contribution < -0.4 is 10.6 Å². The van der Waals surface area contributed by atoms with Crippen LogP contribution in [0.5, 0.6) is 0 Å². The summed E-state index contributed by atoms with van der Waals surface area (Å²) in [5.41, 5.74) is 1.74. The number of nitrogens with zero attached hydrogens (tertiary/aromatic N) is 2. The molecule has 0 saturated carbocycles. The zero-order valence-corrected chi connectivity index (χ0v) is 19.4. The van der Waals surface area contributed by atoms with Crippen LogP contribution in [0.2, 0.25) is 0 Å². The van der Waals surface area contributed by atoms with Gasteiger partial charge in [-0.1, -0.05) is 30.3 Å². The standard InChI is InChI=1S/C23H30N4O4S/c1-17(19-7-5-4-6-8-19)27-14-13-21(15-27)25-23(29)16-26(3)32(30,31)22-11-9-20(10-12-22)24-18(2)28/h4-12,17,21H,13-16H2,1-3H3,(H,24,28)(H,25,29). The van der Waals surface area contributed by atoms with Crippen molar-refractivity contribution in [1.82, 2.24) is 14.5 Å². The van der Waals surface area contributed by atoms with E-state index in [0.717, 1.165) is 23.8 Å². The molecule has 0 aliphatic carbocycles. The Morgan fingerprint density at radius 1 is 1.12 bits per heavy atom. The van der Waals surface area contributed by atoms with E-state index >= 15 is 0 Å². The summed E-state index contributed by atoms with van der Waals surface area (Å²) >= 11 is 0. The van der Waals surface area contributed by atoms with Crippen molar-refractivity contribution >= 4 is 27.5 Å². The number of anilines is 1. The number of amides is 2. The van der Waals surface area contributed by atoms with Gasteiger partial charge in [0.2, 0.25) is 21.8 Å². The van der Waals surface area contributed by atoms with Gasteiger partial charge in [0.05, 0.1) is 11.4 Å². The molecule has 1 fully saturated rings. The van der Waals surface area contributed by atoms with Crippen molar-refractivity contribution in [1.29, 1.82) is 0 Å². The van der Waals surface area contributed by atoms with Gasteiger partial charge in [-0.2, -0.15) is 4.31 Å². The molecule has 1 heterocycles. The molecular formula is C23H30N4O4S. The Morgan fingerprint density at radius 3 is 2.41 bits per heavy atom. The summed E-state index contributed by atoms with van der Waals surface area (Å²) in [6, 6.07) is 16.3. The first kappa shape index (κ1) is 23.9. The van der Waals surface area contributed by atoms with Crippen LogP contribution in [-0.2, 0) is 19.6 Å². The quantitative estimate of drug-likeness (QED) is 0.632. The lowest BCUT2D eigenvalue weighted by Gasteiger charge is -2.25. The fourth-order valence-electron chi connectivity index (χ4n) is 3.85. The van der Waals surface area contributed by atoms with Crippen LogP contribution in [0.1, 0.15) is 31.9 Å². The number of hydrogen-bond acceptors (Lipinski definition) is 5. The van der Waals surface area contributed by atoms with Gasteiger partial charge in [-0.15, -0.1) is 0 Å². The average molecular weight is 459 g/mol. The number of likely N-dealkylation sites (N-methyl/N-ethyl adjacent to an activating group) is 1. The maximum absolute atomic E-state index is 12.8. The molecule has 1 saturated heterocycles. The minimum absolute atomic E-state index is 0.0123. The second-order valence-corrected chi connectivity index (χ2v) is 10.1. The van der Waals surface area contributed by atoms with Crippen LogP contribution in [0, 0.1) is 0 Å². The molecular weight excluding hydrogens is 428 g/mol. The molecule has 3 rings (SSSR count). The highest BCUT2D eigenvalue weighted by Gasteiger charge is 2.29. The largest absolute Gasteiger partial charge is 0.351 e. The lowest BCUT2D eigenvalue weighted by molar-refractivity contribution is -0.121. The number of nitrogens with one attached hydrogen (secondary N) is 2. The lowest BCUT2D eigenvalue weighted by Crippen LogP contribution is -2.43. The molecule has 172 valence electrons. The molecule has 1 aliphatic rings. The Labute approximate surface area is 189 Å². The molecule has 0 radical (unpaired) electrons. The van der Waals surface area contributed by atoms with E-state index in [1.165, 1.54) is 43.8 Å². The summed E-state index contributed by atoms with van der Waals surface area (Å²) in [4.78, 5) is 26.0. The molecule has 2 amide bonds. The molecule has 8 nitrogen and oxygen atoms in total. The third-order valence-electron chi connectivity index (χ3n) is 5.66. The molecule has 0 spiro atoms. The van der Waals surface area contributed by atoms with E-state index < -0.39 is 10.0 Å². The summed E-state index contributed by atoms with van der Waals surface area (Å²) < 4.78 is 26.6. The normalized spacial score (nSPS) is 17.8. The van der Waals surface area contributed by atoms with Crippen molar-refractivity contribution in [2.75, 3.05) is 32.0 Å². The Morgan fingerprint density at radius 2 is 1.78 bits per heavy atom. The molecule has 2 aromatic rings. The van der Waals surface area contributed by atoms with Crippen molar-refractivity contribution in [3.05, 3.63) is 60.2 Å². The van der Waals surface area contributed by atoms with Crippen LogP contribution in [-0.4, -0.2) is 62.2 Å². The van der Waals surface area contributed by atoms with Gasteiger partial charge in [-0.25, -0.2) is 8.42 Å². The Bertz CT molecular complexity index is 1040. The zero-order chi connectivity index (χ0) is 23.3. The van der Waals surface area contributed by atoms with Gasteiger partial charge in [0.15, 0.2) is 0 Å². The van der Waals surface area contributed by atoms with Gasteiger partial charge in [-0.3, -0.25) is 14.5 Å². The molecule has 2 aromatic carbocycles. The van der Waals surface area contributed by atoms with Gasteiger partial charge in [0, 0.05) is 44.8 Å². The van der Waals surface area contributed by atoms with Gasteiger partial charge < -0.3 is 10.6 Å². The number of benzene rings is 2. The van der Waals surface area contributed by atoms with Crippen LogP contribution in [0.15, 0.2) is 59.5 Å². The zero-order valence-electron chi connectivity index (χ0n) is 18.6. The molecule has 9 heteroatoms. The summed E-state index contributed by atoms with van der Waals surface area (Å²) in [7, 11) is -2.44. The van der Waals surface area contributed by atoms with E-state index in [4.69, 9.17) is 0 Å².